The lowest BCUT2D eigenvalue weighted by molar-refractivity contribution is -0.128. The summed E-state index contributed by atoms with van der Waals surface area (Å²) in [5.74, 6) is 0.0673. The number of hydrogen-bond acceptors (Lipinski definition) is 5. The Hall–Kier alpha value is -0.980. The summed E-state index contributed by atoms with van der Waals surface area (Å²) in [7, 11) is 0. The molecule has 3 N–H and O–H groups in total. The summed E-state index contributed by atoms with van der Waals surface area (Å²) < 4.78 is 10.2. The molecule has 0 fully saturated rings. The van der Waals surface area contributed by atoms with Gasteiger partial charge in [-0.15, -0.1) is 0 Å². The zero-order valence-corrected chi connectivity index (χ0v) is 15.2. The third-order valence-corrected chi connectivity index (χ3v) is 2.10. The van der Waals surface area contributed by atoms with Crippen LogP contribution in [0.3, 0.4) is 0 Å². The number of rotatable bonds is 11. The fourth-order valence-electron chi connectivity index (χ4n) is 1.37. The monoisotopic (exact) mass is 320 g/mol. The molecular formula is C16H36N2O4. The van der Waals surface area contributed by atoms with Crippen molar-refractivity contribution < 1.29 is 19.1 Å². The lowest BCUT2D eigenvalue weighted by atomic mass is 10.1. The van der Waals surface area contributed by atoms with Gasteiger partial charge < -0.3 is 25.3 Å². The first-order chi connectivity index (χ1) is 10.6. The molecule has 22 heavy (non-hydrogen) atoms. The zero-order valence-electron chi connectivity index (χ0n) is 15.2. The van der Waals surface area contributed by atoms with Crippen molar-refractivity contribution in [1.82, 2.24) is 5.32 Å². The van der Waals surface area contributed by atoms with Crippen LogP contribution in [0.4, 0.5) is 0 Å². The van der Waals surface area contributed by atoms with E-state index in [4.69, 9.17) is 15.2 Å². The average Bonchev–Trinajstić information content (AvgIpc) is 2.53. The van der Waals surface area contributed by atoms with Crippen LogP contribution >= 0.6 is 0 Å². The van der Waals surface area contributed by atoms with Crippen molar-refractivity contribution in [2.75, 3.05) is 33.0 Å². The van der Waals surface area contributed by atoms with Gasteiger partial charge >= 0.3 is 0 Å². The molecule has 1 atom stereocenters. The van der Waals surface area contributed by atoms with Crippen molar-refractivity contribution >= 4 is 12.2 Å². The molecule has 0 aliphatic carbocycles. The minimum absolute atomic E-state index is 0.0611. The molecule has 0 bridgehead atoms. The van der Waals surface area contributed by atoms with E-state index in [2.05, 4.69) is 5.32 Å². The SMILES string of the molecule is CC.CC.CC(C)C[C@@H](C=O)NC(=O)COCCOCCN. The highest BCUT2D eigenvalue weighted by Gasteiger charge is 2.12. The summed E-state index contributed by atoms with van der Waals surface area (Å²) in [6.45, 7) is 13.6. The molecule has 6 heteroatoms. The maximum Gasteiger partial charge on any atom is 0.246 e. The van der Waals surface area contributed by atoms with Crippen molar-refractivity contribution in [2.45, 2.75) is 54.0 Å². The summed E-state index contributed by atoms with van der Waals surface area (Å²) in [6.07, 6.45) is 1.39. The molecule has 0 saturated carbocycles. The summed E-state index contributed by atoms with van der Waals surface area (Å²) in [5.41, 5.74) is 5.24. The Morgan fingerprint density at radius 1 is 1.09 bits per heavy atom. The van der Waals surface area contributed by atoms with E-state index in [0.29, 0.717) is 38.7 Å². The molecule has 134 valence electrons. The molecule has 0 unspecified atom stereocenters. The molecule has 0 spiro atoms. The van der Waals surface area contributed by atoms with Gasteiger partial charge in [0.15, 0.2) is 0 Å². The molecular weight excluding hydrogens is 284 g/mol. The van der Waals surface area contributed by atoms with Gasteiger partial charge in [0.25, 0.3) is 0 Å². The van der Waals surface area contributed by atoms with Gasteiger partial charge in [0.1, 0.15) is 12.9 Å². The van der Waals surface area contributed by atoms with E-state index in [1.54, 1.807) is 0 Å². The fraction of sp³-hybridized carbons (Fsp3) is 0.875. The second-order valence-corrected chi connectivity index (χ2v) is 4.39. The normalized spacial score (nSPS) is 10.7. The number of amides is 1. The molecule has 0 aromatic heterocycles. The van der Waals surface area contributed by atoms with Crippen molar-refractivity contribution in [3.05, 3.63) is 0 Å². The van der Waals surface area contributed by atoms with Gasteiger partial charge in [-0.1, -0.05) is 41.5 Å². The predicted octanol–water partition coefficient (Wildman–Crippen LogP) is 1.76. The van der Waals surface area contributed by atoms with E-state index >= 15 is 0 Å². The molecule has 0 aromatic carbocycles. The highest BCUT2D eigenvalue weighted by Crippen LogP contribution is 2.02. The van der Waals surface area contributed by atoms with Gasteiger partial charge in [-0.3, -0.25) is 4.79 Å². The lowest BCUT2D eigenvalue weighted by Crippen LogP contribution is -2.39. The number of aldehydes is 1. The van der Waals surface area contributed by atoms with E-state index in [0.717, 1.165) is 6.29 Å². The largest absolute Gasteiger partial charge is 0.378 e. The summed E-state index contributed by atoms with van der Waals surface area (Å²) in [6, 6.07) is -0.436. The van der Waals surface area contributed by atoms with Crippen LogP contribution in [0, 0.1) is 5.92 Å². The number of carbonyl (C=O) groups excluding carboxylic acids is 2. The molecule has 1 amide bonds. The topological polar surface area (TPSA) is 90.7 Å². The van der Waals surface area contributed by atoms with E-state index in [1.807, 2.05) is 41.5 Å². The Kier molecular flexibility index (Phi) is 26.3. The van der Waals surface area contributed by atoms with Crippen LogP contribution in [0.25, 0.3) is 0 Å². The van der Waals surface area contributed by atoms with Gasteiger partial charge in [-0.2, -0.15) is 0 Å². The number of ether oxygens (including phenoxy) is 2. The second kappa shape index (κ2) is 22.3. The highest BCUT2D eigenvalue weighted by molar-refractivity contribution is 5.80. The first-order valence-corrected chi connectivity index (χ1v) is 8.20. The molecule has 0 aliphatic rings. The quantitative estimate of drug-likeness (QED) is 0.447. The van der Waals surface area contributed by atoms with Gasteiger partial charge in [0.2, 0.25) is 5.91 Å². The molecule has 6 nitrogen and oxygen atoms in total. The molecule has 0 rings (SSSR count). The Labute approximate surface area is 136 Å². The average molecular weight is 320 g/mol. The van der Waals surface area contributed by atoms with Crippen LogP contribution in [-0.2, 0) is 19.1 Å². The van der Waals surface area contributed by atoms with Crippen LogP contribution in [0.2, 0.25) is 0 Å². The lowest BCUT2D eigenvalue weighted by Gasteiger charge is -2.14. The van der Waals surface area contributed by atoms with E-state index < -0.39 is 6.04 Å². The Bertz CT molecular complexity index is 236. The smallest absolute Gasteiger partial charge is 0.246 e. The molecule has 0 saturated heterocycles. The van der Waals surface area contributed by atoms with Gasteiger partial charge in [-0.25, -0.2) is 0 Å². The van der Waals surface area contributed by atoms with E-state index in [9.17, 15) is 9.59 Å². The zero-order chi connectivity index (χ0) is 17.8. The third-order valence-electron chi connectivity index (χ3n) is 2.10. The predicted molar refractivity (Wildman–Crippen MR) is 90.8 cm³/mol. The van der Waals surface area contributed by atoms with Gasteiger partial charge in [-0.05, 0) is 12.3 Å². The molecule has 0 aromatic rings. The summed E-state index contributed by atoms with van der Waals surface area (Å²) >= 11 is 0. The van der Waals surface area contributed by atoms with Crippen LogP contribution < -0.4 is 11.1 Å². The first kappa shape index (κ1) is 25.9. The van der Waals surface area contributed by atoms with Crippen molar-refractivity contribution in [1.29, 1.82) is 0 Å². The van der Waals surface area contributed by atoms with Crippen LogP contribution in [-0.4, -0.2) is 51.2 Å². The minimum Gasteiger partial charge on any atom is -0.378 e. The molecule has 0 heterocycles. The summed E-state index contributed by atoms with van der Waals surface area (Å²) in [5, 5.41) is 2.61. The second-order valence-electron chi connectivity index (χ2n) is 4.39. The van der Waals surface area contributed by atoms with Crippen molar-refractivity contribution in [3.8, 4) is 0 Å². The number of carbonyl (C=O) groups is 2. The maximum absolute atomic E-state index is 11.4. The Balaban J connectivity index is -0.000000826. The minimum atomic E-state index is -0.436. The van der Waals surface area contributed by atoms with Crippen LogP contribution in [0.15, 0.2) is 0 Å². The maximum atomic E-state index is 11.4. The molecule has 0 aliphatic heterocycles. The molecule has 0 radical (unpaired) electrons. The first-order valence-electron chi connectivity index (χ1n) is 8.20. The Morgan fingerprint density at radius 3 is 2.09 bits per heavy atom. The van der Waals surface area contributed by atoms with Gasteiger partial charge in [0, 0.05) is 6.54 Å². The van der Waals surface area contributed by atoms with E-state index in [-0.39, 0.29) is 12.5 Å². The van der Waals surface area contributed by atoms with Gasteiger partial charge in [0.05, 0.1) is 25.9 Å². The van der Waals surface area contributed by atoms with Crippen LogP contribution in [0.5, 0.6) is 0 Å². The Morgan fingerprint density at radius 2 is 1.64 bits per heavy atom. The van der Waals surface area contributed by atoms with Crippen molar-refractivity contribution in [3.63, 3.8) is 0 Å². The van der Waals surface area contributed by atoms with E-state index in [1.165, 1.54) is 0 Å². The number of nitrogens with one attached hydrogen (secondary N) is 1. The number of hydrogen-bond donors (Lipinski definition) is 2. The van der Waals surface area contributed by atoms with Crippen molar-refractivity contribution in [2.24, 2.45) is 11.7 Å². The third kappa shape index (κ3) is 21.3. The number of nitrogens with two attached hydrogens (primary N) is 1. The summed E-state index contributed by atoms with van der Waals surface area (Å²) in [4.78, 5) is 22.2. The highest BCUT2D eigenvalue weighted by atomic mass is 16.5. The standard InChI is InChI=1S/C12H24N2O4.2C2H6/c1-10(2)7-11(8-15)14-12(16)9-18-6-5-17-4-3-13;2*1-2/h8,10-11H,3-7,9,13H2,1-2H3,(H,14,16);2*1-2H3/t11-;;/m0../s1. The fourth-order valence-corrected chi connectivity index (χ4v) is 1.37. The van der Waals surface area contributed by atoms with Crippen LogP contribution in [0.1, 0.15) is 48.0 Å².